The first-order valence-electron chi connectivity index (χ1n) is 7.61. The van der Waals surface area contributed by atoms with E-state index in [1.165, 1.54) is 0 Å². The second-order valence-electron chi connectivity index (χ2n) is 5.50. The molecule has 0 radical (unpaired) electrons. The number of benzene rings is 1. The van der Waals surface area contributed by atoms with E-state index in [0.29, 0.717) is 44.5 Å². The topological polar surface area (TPSA) is 71.7 Å². The van der Waals surface area contributed by atoms with Crippen molar-refractivity contribution < 1.29 is 13.9 Å². The van der Waals surface area contributed by atoms with Crippen molar-refractivity contribution >= 4 is 11.9 Å². The van der Waals surface area contributed by atoms with Crippen LogP contribution >= 0.6 is 0 Å². The number of amides is 1. The van der Waals surface area contributed by atoms with Crippen LogP contribution < -0.4 is 9.64 Å². The van der Waals surface area contributed by atoms with E-state index in [-0.39, 0.29) is 5.91 Å². The van der Waals surface area contributed by atoms with Gasteiger partial charge in [0.2, 0.25) is 11.8 Å². The fourth-order valence-corrected chi connectivity index (χ4v) is 2.59. The molecule has 0 N–H and O–H groups in total. The van der Waals surface area contributed by atoms with Gasteiger partial charge in [0.05, 0.1) is 13.5 Å². The molecule has 1 aliphatic heterocycles. The fraction of sp³-hybridized carbons (Fsp3) is 0.438. The third-order valence-corrected chi connectivity index (χ3v) is 3.93. The molecule has 2 aromatic rings. The molecule has 1 aliphatic rings. The number of aryl methyl sites for hydroxylation is 1. The summed E-state index contributed by atoms with van der Waals surface area (Å²) in [4.78, 5) is 16.3. The summed E-state index contributed by atoms with van der Waals surface area (Å²) in [7, 11) is 1.63. The van der Waals surface area contributed by atoms with Gasteiger partial charge in [0.1, 0.15) is 5.75 Å². The van der Waals surface area contributed by atoms with Crippen LogP contribution in [0.4, 0.5) is 6.01 Å². The lowest BCUT2D eigenvalue weighted by Gasteiger charge is -2.33. The lowest BCUT2D eigenvalue weighted by atomic mass is 10.1. The number of piperazine rings is 1. The highest BCUT2D eigenvalue weighted by atomic mass is 16.5. The number of hydrogen-bond acceptors (Lipinski definition) is 6. The van der Waals surface area contributed by atoms with Crippen LogP contribution in [0.15, 0.2) is 28.7 Å². The minimum absolute atomic E-state index is 0.136. The Labute approximate surface area is 134 Å². The smallest absolute Gasteiger partial charge is 0.318 e. The number of anilines is 1. The fourth-order valence-electron chi connectivity index (χ4n) is 2.59. The van der Waals surface area contributed by atoms with Gasteiger partial charge >= 0.3 is 6.01 Å². The molecule has 3 rings (SSSR count). The largest absolute Gasteiger partial charge is 0.497 e. The highest BCUT2D eigenvalue weighted by molar-refractivity contribution is 5.79. The molecule has 1 fully saturated rings. The molecule has 2 heterocycles. The van der Waals surface area contributed by atoms with Gasteiger partial charge in [-0.15, -0.1) is 5.10 Å². The van der Waals surface area contributed by atoms with Gasteiger partial charge in [0, 0.05) is 33.1 Å². The molecule has 7 nitrogen and oxygen atoms in total. The second kappa shape index (κ2) is 6.68. The molecule has 0 saturated carbocycles. The molecule has 0 aliphatic carbocycles. The molecule has 7 heteroatoms. The molecule has 23 heavy (non-hydrogen) atoms. The number of methoxy groups -OCH3 is 1. The van der Waals surface area contributed by atoms with Crippen molar-refractivity contribution in [2.75, 3.05) is 38.2 Å². The van der Waals surface area contributed by atoms with E-state index in [4.69, 9.17) is 9.15 Å². The quantitative estimate of drug-likeness (QED) is 0.846. The standard InChI is InChI=1S/C16H20N4O3/c1-12-17-18-16(23-12)20-9-7-19(8-10-20)15(21)11-13-3-5-14(22-2)6-4-13/h3-6H,7-11H2,1-2H3. The zero-order valence-corrected chi connectivity index (χ0v) is 13.4. The average Bonchev–Trinajstić information content (AvgIpc) is 3.02. The van der Waals surface area contributed by atoms with Crippen molar-refractivity contribution in [2.24, 2.45) is 0 Å². The summed E-state index contributed by atoms with van der Waals surface area (Å²) in [6.45, 7) is 4.50. The van der Waals surface area contributed by atoms with E-state index in [2.05, 4.69) is 10.2 Å². The van der Waals surface area contributed by atoms with Crippen LogP contribution in [0.1, 0.15) is 11.5 Å². The lowest BCUT2D eigenvalue weighted by molar-refractivity contribution is -0.130. The van der Waals surface area contributed by atoms with Crippen molar-refractivity contribution in [2.45, 2.75) is 13.3 Å². The third-order valence-electron chi connectivity index (χ3n) is 3.93. The van der Waals surface area contributed by atoms with Gasteiger partial charge in [-0.1, -0.05) is 17.2 Å². The van der Waals surface area contributed by atoms with Gasteiger partial charge in [-0.3, -0.25) is 4.79 Å². The average molecular weight is 316 g/mol. The van der Waals surface area contributed by atoms with Crippen molar-refractivity contribution in [1.29, 1.82) is 0 Å². The highest BCUT2D eigenvalue weighted by Gasteiger charge is 2.23. The normalized spacial score (nSPS) is 14.9. The Morgan fingerprint density at radius 3 is 2.43 bits per heavy atom. The van der Waals surface area contributed by atoms with E-state index in [9.17, 15) is 4.79 Å². The van der Waals surface area contributed by atoms with E-state index < -0.39 is 0 Å². The van der Waals surface area contributed by atoms with Gasteiger partial charge in [0.15, 0.2) is 0 Å². The van der Waals surface area contributed by atoms with Crippen molar-refractivity contribution in [1.82, 2.24) is 15.1 Å². The van der Waals surface area contributed by atoms with Crippen LogP contribution in [0.25, 0.3) is 0 Å². The van der Waals surface area contributed by atoms with Crippen LogP contribution in [-0.2, 0) is 11.2 Å². The maximum absolute atomic E-state index is 12.4. The molecular weight excluding hydrogens is 296 g/mol. The first-order chi connectivity index (χ1) is 11.2. The number of ether oxygens (including phenoxy) is 1. The van der Waals surface area contributed by atoms with E-state index in [1.807, 2.05) is 34.1 Å². The molecule has 1 aromatic carbocycles. The predicted octanol–water partition coefficient (Wildman–Crippen LogP) is 1.28. The Balaban J connectivity index is 1.53. The van der Waals surface area contributed by atoms with Crippen LogP contribution in [0.5, 0.6) is 5.75 Å². The van der Waals surface area contributed by atoms with Gasteiger partial charge < -0.3 is 19.0 Å². The van der Waals surface area contributed by atoms with Gasteiger partial charge in [-0.2, -0.15) is 0 Å². The van der Waals surface area contributed by atoms with Gasteiger partial charge in [0.25, 0.3) is 0 Å². The Kier molecular flexibility index (Phi) is 4.45. The summed E-state index contributed by atoms with van der Waals surface area (Å²) in [5.74, 6) is 1.49. The minimum atomic E-state index is 0.136. The molecular formula is C16H20N4O3. The first kappa shape index (κ1) is 15.3. The molecule has 0 bridgehead atoms. The monoisotopic (exact) mass is 316 g/mol. The van der Waals surface area contributed by atoms with Crippen LogP contribution in [0, 0.1) is 6.92 Å². The van der Waals surface area contributed by atoms with Crippen LogP contribution in [0.3, 0.4) is 0 Å². The second-order valence-corrected chi connectivity index (χ2v) is 5.50. The molecule has 1 amide bonds. The number of rotatable bonds is 4. The molecule has 1 saturated heterocycles. The van der Waals surface area contributed by atoms with Crippen LogP contribution in [0.2, 0.25) is 0 Å². The summed E-state index contributed by atoms with van der Waals surface area (Å²) in [5, 5.41) is 7.85. The SMILES string of the molecule is COc1ccc(CC(=O)N2CCN(c3nnc(C)o3)CC2)cc1. The highest BCUT2D eigenvalue weighted by Crippen LogP contribution is 2.16. The predicted molar refractivity (Wildman–Crippen MR) is 84.5 cm³/mol. The number of carbonyl (C=O) groups is 1. The third kappa shape index (κ3) is 3.61. The zero-order valence-electron chi connectivity index (χ0n) is 13.4. The Morgan fingerprint density at radius 2 is 1.87 bits per heavy atom. The van der Waals surface area contributed by atoms with E-state index in [1.54, 1.807) is 14.0 Å². The maximum atomic E-state index is 12.4. The van der Waals surface area contributed by atoms with E-state index in [0.717, 1.165) is 11.3 Å². The Hall–Kier alpha value is -2.57. The summed E-state index contributed by atoms with van der Waals surface area (Å²) in [6, 6.07) is 8.13. The molecule has 0 spiro atoms. The summed E-state index contributed by atoms with van der Waals surface area (Å²) >= 11 is 0. The van der Waals surface area contributed by atoms with Crippen molar-refractivity contribution in [3.8, 4) is 5.75 Å². The first-order valence-corrected chi connectivity index (χ1v) is 7.61. The summed E-state index contributed by atoms with van der Waals surface area (Å²) in [5.41, 5.74) is 0.991. The maximum Gasteiger partial charge on any atom is 0.318 e. The molecule has 0 unspecified atom stereocenters. The summed E-state index contributed by atoms with van der Waals surface area (Å²) in [6.07, 6.45) is 0.406. The molecule has 0 atom stereocenters. The summed E-state index contributed by atoms with van der Waals surface area (Å²) < 4.78 is 10.5. The van der Waals surface area contributed by atoms with Crippen molar-refractivity contribution in [3.05, 3.63) is 35.7 Å². The molecule has 1 aromatic heterocycles. The van der Waals surface area contributed by atoms with Crippen molar-refractivity contribution in [3.63, 3.8) is 0 Å². The Morgan fingerprint density at radius 1 is 1.17 bits per heavy atom. The van der Waals surface area contributed by atoms with Crippen LogP contribution in [-0.4, -0.2) is 54.3 Å². The molecule has 122 valence electrons. The minimum Gasteiger partial charge on any atom is -0.497 e. The number of aromatic nitrogens is 2. The van der Waals surface area contributed by atoms with E-state index >= 15 is 0 Å². The number of nitrogens with zero attached hydrogens (tertiary/aromatic N) is 4. The lowest BCUT2D eigenvalue weighted by Crippen LogP contribution is -2.49. The van der Waals surface area contributed by atoms with Gasteiger partial charge in [-0.05, 0) is 17.7 Å². The van der Waals surface area contributed by atoms with Gasteiger partial charge in [-0.25, -0.2) is 0 Å². The number of hydrogen-bond donors (Lipinski definition) is 0. The number of carbonyl (C=O) groups excluding carboxylic acids is 1. The zero-order chi connectivity index (χ0) is 16.2. The Bertz CT molecular complexity index is 660.